The Bertz CT molecular complexity index is 941. The van der Waals surface area contributed by atoms with Crippen LogP contribution in [0.25, 0.3) is 0 Å². The molecule has 0 aromatic rings. The third-order valence-corrected chi connectivity index (χ3v) is 10.3. The molecule has 1 amide bonds. The second-order valence-electron chi connectivity index (χ2n) is 15.5. The average Bonchev–Trinajstić information content (AvgIpc) is 3.16. The number of allylic oxidation sites excluding steroid dienone is 8. The summed E-state index contributed by atoms with van der Waals surface area (Å²) in [6.45, 7) is 6.30. The zero-order valence-electron chi connectivity index (χ0n) is 35.6. The first-order valence-electron chi connectivity index (χ1n) is 22.9. The molecule has 0 saturated heterocycles. The summed E-state index contributed by atoms with van der Waals surface area (Å²) in [6.07, 6.45) is 48.8. The van der Waals surface area contributed by atoms with Crippen LogP contribution < -0.4 is 5.32 Å². The average molecular weight is 758 g/mol. The van der Waals surface area contributed by atoms with E-state index in [0.29, 0.717) is 19.3 Å². The molecule has 6 nitrogen and oxygen atoms in total. The summed E-state index contributed by atoms with van der Waals surface area (Å²) in [5.41, 5.74) is 0. The fourth-order valence-electron chi connectivity index (χ4n) is 6.79. The van der Waals surface area contributed by atoms with Gasteiger partial charge in [-0.05, 0) is 44.9 Å². The van der Waals surface area contributed by atoms with Crippen molar-refractivity contribution in [3.63, 3.8) is 0 Å². The molecule has 3 atom stereocenters. The Kier molecular flexibility index (Phi) is 40.3. The van der Waals surface area contributed by atoms with Crippen LogP contribution in [0.15, 0.2) is 48.6 Å². The van der Waals surface area contributed by atoms with Crippen LogP contribution in [-0.2, 0) is 14.3 Å². The molecule has 0 aliphatic rings. The Balaban J connectivity index is 4.61. The summed E-state index contributed by atoms with van der Waals surface area (Å²) < 4.78 is 5.89. The molecule has 54 heavy (non-hydrogen) atoms. The van der Waals surface area contributed by atoms with Gasteiger partial charge in [0, 0.05) is 6.42 Å². The van der Waals surface area contributed by atoms with Gasteiger partial charge in [-0.3, -0.25) is 9.59 Å². The van der Waals surface area contributed by atoms with E-state index in [2.05, 4.69) is 56.5 Å². The minimum atomic E-state index is -0.788. The number of hydrogen-bond acceptors (Lipinski definition) is 5. The van der Waals surface area contributed by atoms with Crippen LogP contribution in [-0.4, -0.2) is 46.9 Å². The van der Waals surface area contributed by atoms with E-state index in [1.165, 1.54) is 96.3 Å². The van der Waals surface area contributed by atoms with Gasteiger partial charge in [0.15, 0.2) is 0 Å². The quantitative estimate of drug-likeness (QED) is 0.0329. The molecule has 0 aromatic carbocycles. The first kappa shape index (κ1) is 51.8. The van der Waals surface area contributed by atoms with Crippen molar-refractivity contribution >= 4 is 11.9 Å². The highest BCUT2D eigenvalue weighted by atomic mass is 16.5. The number of esters is 1. The van der Waals surface area contributed by atoms with Crippen molar-refractivity contribution in [1.82, 2.24) is 5.32 Å². The fourth-order valence-corrected chi connectivity index (χ4v) is 6.79. The van der Waals surface area contributed by atoms with Crippen molar-refractivity contribution in [2.24, 2.45) is 0 Å². The highest BCUT2D eigenvalue weighted by Gasteiger charge is 2.24. The summed E-state index contributed by atoms with van der Waals surface area (Å²) in [4.78, 5) is 26.0. The number of carbonyl (C=O) groups is 2. The normalized spacial score (nSPS) is 13.8. The Labute approximate surface area is 334 Å². The smallest absolute Gasteiger partial charge is 0.306 e. The van der Waals surface area contributed by atoms with Crippen molar-refractivity contribution in [2.45, 2.75) is 238 Å². The summed E-state index contributed by atoms with van der Waals surface area (Å²) >= 11 is 0. The lowest BCUT2D eigenvalue weighted by molar-refractivity contribution is -0.151. The van der Waals surface area contributed by atoms with E-state index in [-0.39, 0.29) is 24.9 Å². The van der Waals surface area contributed by atoms with Crippen LogP contribution in [0.2, 0.25) is 0 Å². The van der Waals surface area contributed by atoms with Crippen molar-refractivity contribution in [2.75, 3.05) is 6.61 Å². The van der Waals surface area contributed by atoms with Crippen molar-refractivity contribution in [3.05, 3.63) is 48.6 Å². The van der Waals surface area contributed by atoms with Gasteiger partial charge in [-0.25, -0.2) is 0 Å². The molecule has 0 heterocycles. The minimum Gasteiger partial charge on any atom is -0.462 e. The van der Waals surface area contributed by atoms with E-state index >= 15 is 0 Å². The number of hydrogen-bond donors (Lipinski definition) is 3. The van der Waals surface area contributed by atoms with E-state index in [9.17, 15) is 19.8 Å². The minimum absolute atomic E-state index is 0.0691. The molecule has 0 aliphatic heterocycles. The molecule has 314 valence electrons. The van der Waals surface area contributed by atoms with Gasteiger partial charge in [0.1, 0.15) is 6.10 Å². The van der Waals surface area contributed by atoms with Crippen molar-refractivity contribution in [3.8, 4) is 0 Å². The van der Waals surface area contributed by atoms with Crippen LogP contribution in [0.4, 0.5) is 0 Å². The zero-order valence-corrected chi connectivity index (χ0v) is 35.6. The van der Waals surface area contributed by atoms with Crippen LogP contribution >= 0.6 is 0 Å². The molecule has 3 N–H and O–H groups in total. The van der Waals surface area contributed by atoms with Crippen LogP contribution in [0.3, 0.4) is 0 Å². The Morgan fingerprint density at radius 1 is 0.556 bits per heavy atom. The molecule has 0 fully saturated rings. The SMILES string of the molecule is CC/C=C/C=C/C=C/C=C\CCCCCCCC(=O)OC(CCCCCCCCCCCCC)CC(=O)NC(CO)C(O)CCCCCCCCCCC. The van der Waals surface area contributed by atoms with Gasteiger partial charge < -0.3 is 20.3 Å². The monoisotopic (exact) mass is 758 g/mol. The number of unbranched alkanes of at least 4 members (excludes halogenated alkanes) is 23. The first-order valence-corrected chi connectivity index (χ1v) is 22.9. The van der Waals surface area contributed by atoms with Gasteiger partial charge in [0.25, 0.3) is 0 Å². The third kappa shape index (κ3) is 36.8. The molecule has 0 rings (SSSR count). The molecule has 0 aliphatic carbocycles. The standard InChI is InChI=1S/C48H87NO5/c1-4-7-10-13-16-19-21-22-23-24-26-29-32-35-38-41-48(53)54-44(39-36-33-30-28-25-20-17-14-11-8-5-2)42-47(52)49-45(43-50)46(51)40-37-34-31-27-18-15-12-9-6-3/h7,10,13,16,19,21-23,44-46,50-51H,4-6,8-9,11-12,14-15,17-18,20,24-43H2,1-3H3,(H,49,52)/b10-7+,16-13+,21-19+,23-22-. The predicted octanol–water partition coefficient (Wildman–Crippen LogP) is 13.1. The summed E-state index contributed by atoms with van der Waals surface area (Å²) in [6, 6.07) is -0.702. The molecular formula is C48H87NO5. The molecule has 6 heteroatoms. The van der Waals surface area contributed by atoms with Crippen LogP contribution in [0.5, 0.6) is 0 Å². The highest BCUT2D eigenvalue weighted by Crippen LogP contribution is 2.18. The maximum atomic E-state index is 13.1. The lowest BCUT2D eigenvalue weighted by Crippen LogP contribution is -2.46. The fraction of sp³-hybridized carbons (Fsp3) is 0.792. The molecule has 0 radical (unpaired) electrons. The van der Waals surface area contributed by atoms with Crippen LogP contribution in [0, 0.1) is 0 Å². The topological polar surface area (TPSA) is 95.9 Å². The van der Waals surface area contributed by atoms with E-state index < -0.39 is 18.2 Å². The zero-order chi connectivity index (χ0) is 39.6. The maximum absolute atomic E-state index is 13.1. The van der Waals surface area contributed by atoms with Gasteiger partial charge in [-0.15, -0.1) is 0 Å². The number of aliphatic hydroxyl groups excluding tert-OH is 2. The Morgan fingerprint density at radius 3 is 1.52 bits per heavy atom. The number of amides is 1. The second-order valence-corrected chi connectivity index (χ2v) is 15.5. The summed E-state index contributed by atoms with van der Waals surface area (Å²) in [7, 11) is 0. The third-order valence-electron chi connectivity index (χ3n) is 10.3. The van der Waals surface area contributed by atoms with Crippen molar-refractivity contribution < 1.29 is 24.5 Å². The van der Waals surface area contributed by atoms with E-state index in [1.807, 2.05) is 18.2 Å². The number of ether oxygens (including phenoxy) is 1. The van der Waals surface area contributed by atoms with Gasteiger partial charge >= 0.3 is 5.97 Å². The van der Waals surface area contributed by atoms with Gasteiger partial charge in [0.05, 0.1) is 25.2 Å². The van der Waals surface area contributed by atoms with Crippen LogP contribution in [0.1, 0.15) is 220 Å². The van der Waals surface area contributed by atoms with E-state index in [4.69, 9.17) is 4.74 Å². The van der Waals surface area contributed by atoms with Crippen molar-refractivity contribution in [1.29, 1.82) is 0 Å². The number of nitrogens with one attached hydrogen (secondary N) is 1. The first-order chi connectivity index (χ1) is 26.5. The largest absolute Gasteiger partial charge is 0.462 e. The van der Waals surface area contributed by atoms with Gasteiger partial charge in [-0.2, -0.15) is 0 Å². The number of aliphatic hydroxyl groups is 2. The second kappa shape index (κ2) is 42.0. The molecular weight excluding hydrogens is 671 g/mol. The molecule has 0 aromatic heterocycles. The predicted molar refractivity (Wildman–Crippen MR) is 232 cm³/mol. The maximum Gasteiger partial charge on any atom is 0.306 e. The Hall–Kier alpha value is -2.18. The lowest BCUT2D eigenvalue weighted by atomic mass is 10.0. The molecule has 0 saturated carbocycles. The Morgan fingerprint density at radius 2 is 1.00 bits per heavy atom. The highest BCUT2D eigenvalue weighted by molar-refractivity contribution is 5.77. The molecule has 0 bridgehead atoms. The number of carbonyl (C=O) groups excluding carboxylic acids is 2. The summed E-state index contributed by atoms with van der Waals surface area (Å²) in [5, 5.41) is 23.6. The van der Waals surface area contributed by atoms with E-state index in [0.717, 1.165) is 77.0 Å². The van der Waals surface area contributed by atoms with E-state index in [1.54, 1.807) is 0 Å². The van der Waals surface area contributed by atoms with Gasteiger partial charge in [0.2, 0.25) is 5.91 Å². The number of rotatable bonds is 40. The molecule has 0 spiro atoms. The lowest BCUT2D eigenvalue weighted by Gasteiger charge is -2.24. The molecule has 3 unspecified atom stereocenters. The summed E-state index contributed by atoms with van der Waals surface area (Å²) in [5.74, 6) is -0.500. The van der Waals surface area contributed by atoms with Gasteiger partial charge in [-0.1, -0.05) is 211 Å².